The van der Waals surface area contributed by atoms with Crippen molar-refractivity contribution in [2.75, 3.05) is 6.54 Å². The third kappa shape index (κ3) is 2.08. The summed E-state index contributed by atoms with van der Waals surface area (Å²) in [7, 11) is 0. The van der Waals surface area contributed by atoms with Crippen molar-refractivity contribution in [3.63, 3.8) is 0 Å². The zero-order chi connectivity index (χ0) is 12.5. The number of aliphatic hydroxyl groups is 1. The Balaban J connectivity index is 1.92. The maximum Gasteiger partial charge on any atom is 0.109 e. The summed E-state index contributed by atoms with van der Waals surface area (Å²) in [5.41, 5.74) is 2.70. The van der Waals surface area contributed by atoms with Crippen LogP contribution in [0, 0.1) is 0 Å². The molecule has 2 aliphatic rings. The Hall–Kier alpha value is -0.870. The molecule has 1 saturated carbocycles. The standard InChI is InChI=1S/C14H23N3O/c1-2-14-16-12-9-15-8-7-13(12)17(14)10-3-5-11(18)6-4-10/h10-11,15,18H,2-9H2,1H3. The lowest BCUT2D eigenvalue weighted by Gasteiger charge is -2.30. The lowest BCUT2D eigenvalue weighted by Crippen LogP contribution is -2.28. The number of hydrogen-bond acceptors (Lipinski definition) is 3. The zero-order valence-corrected chi connectivity index (χ0v) is 11.2. The Morgan fingerprint density at radius 1 is 1.33 bits per heavy atom. The van der Waals surface area contributed by atoms with Gasteiger partial charge >= 0.3 is 0 Å². The van der Waals surface area contributed by atoms with Crippen molar-refractivity contribution < 1.29 is 5.11 Å². The highest BCUT2D eigenvalue weighted by molar-refractivity contribution is 5.21. The highest BCUT2D eigenvalue weighted by Gasteiger charge is 2.27. The van der Waals surface area contributed by atoms with Gasteiger partial charge in [-0.25, -0.2) is 4.98 Å². The third-order valence-electron chi connectivity index (χ3n) is 4.34. The minimum absolute atomic E-state index is 0.0765. The molecule has 2 heterocycles. The van der Waals surface area contributed by atoms with Crippen molar-refractivity contribution in [1.82, 2.24) is 14.9 Å². The van der Waals surface area contributed by atoms with Crippen molar-refractivity contribution in [2.45, 2.75) is 64.1 Å². The van der Waals surface area contributed by atoms with Crippen LogP contribution in [0.4, 0.5) is 0 Å². The van der Waals surface area contributed by atoms with Gasteiger partial charge in [-0.1, -0.05) is 6.92 Å². The van der Waals surface area contributed by atoms with Gasteiger partial charge in [-0.2, -0.15) is 0 Å². The Morgan fingerprint density at radius 2 is 2.11 bits per heavy atom. The Labute approximate surface area is 108 Å². The predicted octanol–water partition coefficient (Wildman–Crippen LogP) is 1.57. The minimum atomic E-state index is -0.0765. The van der Waals surface area contributed by atoms with Crippen LogP contribution in [-0.2, 0) is 19.4 Å². The van der Waals surface area contributed by atoms with Gasteiger partial charge in [0, 0.05) is 37.7 Å². The molecule has 4 nitrogen and oxygen atoms in total. The van der Waals surface area contributed by atoms with Gasteiger partial charge in [0.2, 0.25) is 0 Å². The number of nitrogens with zero attached hydrogens (tertiary/aromatic N) is 2. The van der Waals surface area contributed by atoms with Gasteiger partial charge in [0.05, 0.1) is 11.8 Å². The maximum absolute atomic E-state index is 9.65. The highest BCUT2D eigenvalue weighted by atomic mass is 16.3. The summed E-state index contributed by atoms with van der Waals surface area (Å²) in [6.45, 7) is 4.18. The molecule has 1 fully saturated rings. The summed E-state index contributed by atoms with van der Waals surface area (Å²) in [5, 5.41) is 13.1. The molecule has 0 atom stereocenters. The molecular weight excluding hydrogens is 226 g/mol. The van der Waals surface area contributed by atoms with E-state index in [4.69, 9.17) is 4.98 Å². The number of hydrogen-bond donors (Lipinski definition) is 2. The molecule has 0 saturated heterocycles. The van der Waals surface area contributed by atoms with E-state index >= 15 is 0 Å². The van der Waals surface area contributed by atoms with Gasteiger partial charge in [0.15, 0.2) is 0 Å². The minimum Gasteiger partial charge on any atom is -0.393 e. The van der Waals surface area contributed by atoms with E-state index in [-0.39, 0.29) is 6.10 Å². The van der Waals surface area contributed by atoms with Crippen molar-refractivity contribution in [3.8, 4) is 0 Å². The van der Waals surface area contributed by atoms with Crippen molar-refractivity contribution >= 4 is 0 Å². The van der Waals surface area contributed by atoms with Crippen LogP contribution in [0.1, 0.15) is 55.9 Å². The van der Waals surface area contributed by atoms with E-state index < -0.39 is 0 Å². The molecule has 0 aromatic carbocycles. The quantitative estimate of drug-likeness (QED) is 0.836. The van der Waals surface area contributed by atoms with Crippen LogP contribution in [0.2, 0.25) is 0 Å². The van der Waals surface area contributed by atoms with Gasteiger partial charge in [0.25, 0.3) is 0 Å². The Morgan fingerprint density at radius 3 is 2.83 bits per heavy atom. The molecule has 0 radical (unpaired) electrons. The van der Waals surface area contributed by atoms with E-state index in [1.54, 1.807) is 0 Å². The molecule has 1 aliphatic heterocycles. The smallest absolute Gasteiger partial charge is 0.109 e. The van der Waals surface area contributed by atoms with Crippen LogP contribution in [0.3, 0.4) is 0 Å². The normalized spacial score (nSPS) is 28.1. The second-order valence-electron chi connectivity index (χ2n) is 5.53. The molecule has 1 aliphatic carbocycles. The molecule has 1 aromatic heterocycles. The van der Waals surface area contributed by atoms with E-state index in [1.165, 1.54) is 17.2 Å². The van der Waals surface area contributed by atoms with Gasteiger partial charge in [-0.05, 0) is 25.7 Å². The number of nitrogens with one attached hydrogen (secondary N) is 1. The molecule has 2 N–H and O–H groups in total. The van der Waals surface area contributed by atoms with E-state index in [0.29, 0.717) is 6.04 Å². The Kier molecular flexibility index (Phi) is 3.39. The van der Waals surface area contributed by atoms with E-state index in [1.807, 2.05) is 0 Å². The van der Waals surface area contributed by atoms with Gasteiger partial charge in [0.1, 0.15) is 5.82 Å². The lowest BCUT2D eigenvalue weighted by atomic mass is 9.92. The second kappa shape index (κ2) is 5.02. The monoisotopic (exact) mass is 249 g/mol. The molecule has 0 spiro atoms. The fourth-order valence-electron chi connectivity index (χ4n) is 3.39. The van der Waals surface area contributed by atoms with Crippen LogP contribution < -0.4 is 5.32 Å². The molecule has 1 aromatic rings. The van der Waals surface area contributed by atoms with E-state index in [9.17, 15) is 5.11 Å². The number of aryl methyl sites for hydroxylation is 1. The predicted molar refractivity (Wildman–Crippen MR) is 70.5 cm³/mol. The van der Waals surface area contributed by atoms with E-state index in [2.05, 4.69) is 16.8 Å². The third-order valence-corrected chi connectivity index (χ3v) is 4.34. The van der Waals surface area contributed by atoms with E-state index in [0.717, 1.165) is 51.6 Å². The van der Waals surface area contributed by atoms with Crippen LogP contribution in [0.5, 0.6) is 0 Å². The first-order valence-electron chi connectivity index (χ1n) is 7.27. The maximum atomic E-state index is 9.65. The summed E-state index contributed by atoms with van der Waals surface area (Å²) < 4.78 is 2.50. The van der Waals surface area contributed by atoms with Crippen LogP contribution in [0.25, 0.3) is 0 Å². The SMILES string of the molecule is CCc1nc2c(n1C1CCC(O)CC1)CCNC2. The largest absolute Gasteiger partial charge is 0.393 e. The molecule has 0 bridgehead atoms. The summed E-state index contributed by atoms with van der Waals surface area (Å²) in [6.07, 6.45) is 6.12. The first-order chi connectivity index (χ1) is 8.79. The van der Waals surface area contributed by atoms with Gasteiger partial charge in [-0.15, -0.1) is 0 Å². The Bertz CT molecular complexity index is 419. The van der Waals surface area contributed by atoms with Crippen LogP contribution in [0.15, 0.2) is 0 Å². The van der Waals surface area contributed by atoms with Crippen LogP contribution in [-0.4, -0.2) is 27.3 Å². The fourth-order valence-corrected chi connectivity index (χ4v) is 3.39. The highest BCUT2D eigenvalue weighted by Crippen LogP contribution is 2.32. The summed E-state index contributed by atoms with van der Waals surface area (Å²) in [6, 6.07) is 0.567. The second-order valence-corrected chi connectivity index (χ2v) is 5.53. The number of aliphatic hydroxyl groups excluding tert-OH is 1. The van der Waals surface area contributed by atoms with Gasteiger partial charge < -0.3 is 15.0 Å². The molecular formula is C14H23N3O. The zero-order valence-electron chi connectivity index (χ0n) is 11.2. The molecule has 0 amide bonds. The summed E-state index contributed by atoms with van der Waals surface area (Å²) >= 11 is 0. The number of aromatic nitrogens is 2. The average Bonchev–Trinajstić information content (AvgIpc) is 2.78. The number of fused-ring (bicyclic) bond motifs is 1. The molecule has 100 valence electrons. The first kappa shape index (κ1) is 12.2. The summed E-state index contributed by atoms with van der Waals surface area (Å²) in [5.74, 6) is 1.24. The van der Waals surface area contributed by atoms with Gasteiger partial charge in [-0.3, -0.25) is 0 Å². The summed E-state index contributed by atoms with van der Waals surface area (Å²) in [4.78, 5) is 4.80. The van der Waals surface area contributed by atoms with Crippen LogP contribution >= 0.6 is 0 Å². The molecule has 18 heavy (non-hydrogen) atoms. The topological polar surface area (TPSA) is 50.1 Å². The number of rotatable bonds is 2. The average molecular weight is 249 g/mol. The first-order valence-corrected chi connectivity index (χ1v) is 7.27. The van der Waals surface area contributed by atoms with Crippen molar-refractivity contribution in [2.24, 2.45) is 0 Å². The van der Waals surface area contributed by atoms with Crippen molar-refractivity contribution in [3.05, 3.63) is 17.2 Å². The lowest BCUT2D eigenvalue weighted by molar-refractivity contribution is 0.109. The fraction of sp³-hybridized carbons (Fsp3) is 0.786. The molecule has 4 heteroatoms. The van der Waals surface area contributed by atoms with Crippen molar-refractivity contribution in [1.29, 1.82) is 0 Å². The molecule has 0 unspecified atom stereocenters. The number of imidazole rings is 1. The molecule has 3 rings (SSSR count).